The van der Waals surface area contributed by atoms with Gasteiger partial charge in [-0.25, -0.2) is 9.38 Å². The number of hydrogen-bond acceptors (Lipinski definition) is 4. The van der Waals surface area contributed by atoms with Gasteiger partial charge in [0.25, 0.3) is 0 Å². The van der Waals surface area contributed by atoms with Crippen molar-refractivity contribution in [1.82, 2.24) is 4.98 Å². The van der Waals surface area contributed by atoms with Crippen molar-refractivity contribution in [3.63, 3.8) is 0 Å². The maximum absolute atomic E-state index is 12.8. The lowest BCUT2D eigenvalue weighted by molar-refractivity contribution is 0.413. The summed E-state index contributed by atoms with van der Waals surface area (Å²) >= 11 is 1.36. The molecule has 0 saturated heterocycles. The topological polar surface area (TPSA) is 60.5 Å². The van der Waals surface area contributed by atoms with Crippen LogP contribution in [0.2, 0.25) is 0 Å². The lowest BCUT2D eigenvalue weighted by Crippen LogP contribution is -2.06. The van der Waals surface area contributed by atoms with Crippen LogP contribution >= 0.6 is 24.2 Å². The van der Waals surface area contributed by atoms with Gasteiger partial charge in [0.05, 0.1) is 18.5 Å². The minimum Gasteiger partial charge on any atom is -0.497 e. The third-order valence-electron chi connectivity index (χ3n) is 2.46. The third-order valence-corrected chi connectivity index (χ3v) is 3.28. The van der Waals surface area contributed by atoms with Crippen LogP contribution in [0.25, 0.3) is 0 Å². The molecule has 7 heteroatoms. The van der Waals surface area contributed by atoms with E-state index in [0.717, 1.165) is 11.4 Å². The first kappa shape index (κ1) is 17.3. The summed E-state index contributed by atoms with van der Waals surface area (Å²) in [6.45, 7) is 0. The fourth-order valence-corrected chi connectivity index (χ4v) is 2.11. The first-order valence-corrected chi connectivity index (χ1v) is 6.87. The van der Waals surface area contributed by atoms with E-state index >= 15 is 0 Å². The van der Waals surface area contributed by atoms with Gasteiger partial charge in [-0.2, -0.15) is 0 Å². The highest BCUT2D eigenvalue weighted by molar-refractivity contribution is 8.13. The minimum atomic E-state index is -0.296. The van der Waals surface area contributed by atoms with Crippen molar-refractivity contribution in [3.05, 3.63) is 54.1 Å². The van der Waals surface area contributed by atoms with Crippen LogP contribution in [0.4, 0.5) is 10.1 Å². The Morgan fingerprint density at radius 1 is 1.33 bits per heavy atom. The van der Waals surface area contributed by atoms with E-state index < -0.39 is 0 Å². The summed E-state index contributed by atoms with van der Waals surface area (Å²) < 4.78 is 17.9. The first-order valence-electron chi connectivity index (χ1n) is 5.89. The molecule has 1 heterocycles. The SMILES string of the molecule is COc1ccnc(CSC(N)=Nc2ccc(F)cc2)c1.Cl. The van der Waals surface area contributed by atoms with Crippen LogP contribution in [-0.2, 0) is 5.75 Å². The standard InChI is InChI=1S/C14H14FN3OS.ClH/c1-19-13-6-7-17-12(8-13)9-20-14(16)18-11-4-2-10(15)3-5-11;/h2-8H,9H2,1H3,(H2,16,18);1H. The number of pyridine rings is 1. The van der Waals surface area contributed by atoms with E-state index in [2.05, 4.69) is 9.98 Å². The van der Waals surface area contributed by atoms with Crippen molar-refractivity contribution in [2.45, 2.75) is 5.75 Å². The molecule has 0 radical (unpaired) electrons. The Morgan fingerprint density at radius 2 is 2.05 bits per heavy atom. The van der Waals surface area contributed by atoms with Gasteiger partial charge in [0.2, 0.25) is 0 Å². The fourth-order valence-electron chi connectivity index (χ4n) is 1.48. The molecule has 0 spiro atoms. The molecule has 0 aliphatic rings. The van der Waals surface area contributed by atoms with Gasteiger partial charge in [0, 0.05) is 18.0 Å². The number of thioether (sulfide) groups is 1. The Balaban J connectivity index is 0.00000220. The highest BCUT2D eigenvalue weighted by Crippen LogP contribution is 2.18. The van der Waals surface area contributed by atoms with Crippen LogP contribution in [0.3, 0.4) is 0 Å². The maximum Gasteiger partial charge on any atom is 0.159 e. The molecule has 2 aromatic rings. The van der Waals surface area contributed by atoms with Crippen molar-refractivity contribution < 1.29 is 9.13 Å². The summed E-state index contributed by atoms with van der Waals surface area (Å²) in [5.41, 5.74) is 7.30. The maximum atomic E-state index is 12.8. The first-order chi connectivity index (χ1) is 9.67. The van der Waals surface area contributed by atoms with Gasteiger partial charge < -0.3 is 10.5 Å². The van der Waals surface area contributed by atoms with Gasteiger partial charge >= 0.3 is 0 Å². The molecule has 1 aromatic carbocycles. The van der Waals surface area contributed by atoms with Crippen LogP contribution in [0.15, 0.2) is 47.6 Å². The fraction of sp³-hybridized carbons (Fsp3) is 0.143. The number of aliphatic imine (C=N–C) groups is 1. The largest absolute Gasteiger partial charge is 0.497 e. The summed E-state index contributed by atoms with van der Waals surface area (Å²) in [5, 5.41) is 0.404. The number of hydrogen-bond donors (Lipinski definition) is 1. The molecule has 2 N–H and O–H groups in total. The molecule has 0 bridgehead atoms. The molecule has 112 valence electrons. The number of nitrogens with two attached hydrogens (primary N) is 1. The zero-order valence-corrected chi connectivity index (χ0v) is 13.0. The van der Waals surface area contributed by atoms with Crippen LogP contribution in [0.5, 0.6) is 5.75 Å². The van der Waals surface area contributed by atoms with E-state index in [-0.39, 0.29) is 18.2 Å². The second-order valence-electron chi connectivity index (χ2n) is 3.90. The molecular weight excluding hydrogens is 313 g/mol. The summed E-state index contributed by atoms with van der Waals surface area (Å²) in [6, 6.07) is 9.47. The number of amidine groups is 1. The number of halogens is 2. The highest BCUT2D eigenvalue weighted by atomic mass is 35.5. The van der Waals surface area contributed by atoms with Crippen molar-refractivity contribution in [3.8, 4) is 5.75 Å². The van der Waals surface area contributed by atoms with Gasteiger partial charge in [-0.3, -0.25) is 4.98 Å². The summed E-state index contributed by atoms with van der Waals surface area (Å²) in [5.74, 6) is 1.05. The molecular formula is C14H15ClFN3OS. The van der Waals surface area contributed by atoms with E-state index in [1.54, 1.807) is 31.5 Å². The summed E-state index contributed by atoms with van der Waals surface area (Å²) in [7, 11) is 1.61. The molecule has 0 unspecified atom stereocenters. The second kappa shape index (κ2) is 8.49. The average Bonchev–Trinajstić information content (AvgIpc) is 2.48. The zero-order chi connectivity index (χ0) is 14.4. The molecule has 4 nitrogen and oxygen atoms in total. The number of methoxy groups -OCH3 is 1. The average molecular weight is 328 g/mol. The lowest BCUT2D eigenvalue weighted by Gasteiger charge is -2.03. The Morgan fingerprint density at radius 3 is 2.71 bits per heavy atom. The predicted molar refractivity (Wildman–Crippen MR) is 87.0 cm³/mol. The smallest absolute Gasteiger partial charge is 0.159 e. The van der Waals surface area contributed by atoms with Gasteiger partial charge in [-0.1, -0.05) is 11.8 Å². The Bertz CT molecular complexity index is 607. The van der Waals surface area contributed by atoms with E-state index in [4.69, 9.17) is 10.5 Å². The minimum absolute atomic E-state index is 0. The van der Waals surface area contributed by atoms with Crippen molar-refractivity contribution in [2.24, 2.45) is 10.7 Å². The second-order valence-corrected chi connectivity index (χ2v) is 4.90. The number of ether oxygens (including phenoxy) is 1. The van der Waals surface area contributed by atoms with E-state index in [1.165, 1.54) is 23.9 Å². The molecule has 0 saturated carbocycles. The molecule has 1 aromatic heterocycles. The van der Waals surface area contributed by atoms with Crippen LogP contribution in [0, 0.1) is 5.82 Å². The normalized spacial score (nSPS) is 10.9. The Hall–Kier alpha value is -1.79. The van der Waals surface area contributed by atoms with E-state index in [9.17, 15) is 4.39 Å². The number of rotatable bonds is 4. The molecule has 2 rings (SSSR count). The Kier molecular flexibility index (Phi) is 6.98. The molecule has 21 heavy (non-hydrogen) atoms. The number of aromatic nitrogens is 1. The van der Waals surface area contributed by atoms with Gasteiger partial charge in [-0.15, -0.1) is 12.4 Å². The van der Waals surface area contributed by atoms with E-state index in [0.29, 0.717) is 16.6 Å². The van der Waals surface area contributed by atoms with E-state index in [1.807, 2.05) is 6.07 Å². The number of benzene rings is 1. The van der Waals surface area contributed by atoms with Gasteiger partial charge in [0.1, 0.15) is 11.6 Å². The van der Waals surface area contributed by atoms with Gasteiger partial charge in [-0.05, 0) is 30.3 Å². The monoisotopic (exact) mass is 327 g/mol. The van der Waals surface area contributed by atoms with Crippen LogP contribution in [0.1, 0.15) is 5.69 Å². The molecule has 0 amide bonds. The molecule has 0 fully saturated rings. The van der Waals surface area contributed by atoms with Gasteiger partial charge in [0.15, 0.2) is 5.17 Å². The quantitative estimate of drug-likeness (QED) is 0.689. The molecule has 0 aliphatic heterocycles. The van der Waals surface area contributed by atoms with Crippen molar-refractivity contribution in [2.75, 3.05) is 7.11 Å². The highest BCUT2D eigenvalue weighted by Gasteiger charge is 2.01. The molecule has 0 aliphatic carbocycles. The van der Waals surface area contributed by atoms with Crippen molar-refractivity contribution >= 4 is 35.0 Å². The summed E-state index contributed by atoms with van der Waals surface area (Å²) in [4.78, 5) is 8.41. The van der Waals surface area contributed by atoms with Crippen molar-refractivity contribution in [1.29, 1.82) is 0 Å². The molecule has 0 atom stereocenters. The summed E-state index contributed by atoms with van der Waals surface area (Å²) in [6.07, 6.45) is 1.68. The predicted octanol–water partition coefficient (Wildman–Crippen LogP) is 3.53. The van der Waals surface area contributed by atoms with Crippen LogP contribution < -0.4 is 10.5 Å². The number of nitrogens with zero attached hydrogens (tertiary/aromatic N) is 2. The van der Waals surface area contributed by atoms with Crippen LogP contribution in [-0.4, -0.2) is 17.3 Å². The third kappa shape index (κ3) is 5.61. The lowest BCUT2D eigenvalue weighted by atomic mass is 10.3. The zero-order valence-electron chi connectivity index (χ0n) is 11.3. The Labute approximate surface area is 133 Å².